The van der Waals surface area contributed by atoms with Crippen molar-refractivity contribution in [2.45, 2.75) is 32.3 Å². The molecule has 20 heavy (non-hydrogen) atoms. The van der Waals surface area contributed by atoms with Crippen molar-refractivity contribution < 1.29 is 9.15 Å². The molecule has 1 saturated heterocycles. The number of rotatable bonds is 4. The van der Waals surface area contributed by atoms with Crippen molar-refractivity contribution >= 4 is 0 Å². The van der Waals surface area contributed by atoms with Gasteiger partial charge in [-0.3, -0.25) is 0 Å². The fraction of sp³-hybridized carbons (Fsp3) is 0.467. The third-order valence-electron chi connectivity index (χ3n) is 3.57. The molecule has 1 N–H and O–H groups in total. The Hall–Kier alpha value is -1.88. The summed E-state index contributed by atoms with van der Waals surface area (Å²) in [7, 11) is 0. The van der Waals surface area contributed by atoms with E-state index in [2.05, 4.69) is 15.5 Å². The predicted molar refractivity (Wildman–Crippen MR) is 74.7 cm³/mol. The lowest BCUT2D eigenvalue weighted by molar-refractivity contribution is 0.252. The summed E-state index contributed by atoms with van der Waals surface area (Å²) in [5, 5.41) is 11.6. The molecule has 1 aliphatic rings. The Balaban J connectivity index is 1.61. The molecular formula is C15H19N3O2. The van der Waals surface area contributed by atoms with Crippen LogP contribution in [0.3, 0.4) is 0 Å². The maximum absolute atomic E-state index is 5.71. The second kappa shape index (κ2) is 6.05. The van der Waals surface area contributed by atoms with Gasteiger partial charge in [0.15, 0.2) is 6.61 Å². The summed E-state index contributed by atoms with van der Waals surface area (Å²) >= 11 is 0. The first-order valence-corrected chi connectivity index (χ1v) is 7.04. The molecule has 2 heterocycles. The highest BCUT2D eigenvalue weighted by molar-refractivity contribution is 5.31. The third-order valence-corrected chi connectivity index (χ3v) is 3.57. The molecule has 106 valence electrons. The Labute approximate surface area is 118 Å². The number of nitrogens with one attached hydrogen (secondary N) is 1. The summed E-state index contributed by atoms with van der Waals surface area (Å²) in [6.07, 6.45) is 2.26. The van der Waals surface area contributed by atoms with Gasteiger partial charge in [-0.15, -0.1) is 10.2 Å². The average Bonchev–Trinajstić information content (AvgIpc) is 2.96. The minimum absolute atomic E-state index is 0.317. The molecule has 1 fully saturated rings. The Bertz CT molecular complexity index is 562. The highest BCUT2D eigenvalue weighted by atomic mass is 16.5. The highest BCUT2D eigenvalue weighted by Crippen LogP contribution is 2.22. The molecular weight excluding hydrogens is 254 g/mol. The van der Waals surface area contributed by atoms with Crippen LogP contribution in [0.15, 0.2) is 28.7 Å². The third kappa shape index (κ3) is 2.99. The van der Waals surface area contributed by atoms with Gasteiger partial charge in [-0.2, -0.15) is 0 Å². The number of para-hydroxylation sites is 1. The SMILES string of the molecule is Cc1ccccc1OCc1nnc(C2CCCNC2)o1. The zero-order valence-electron chi connectivity index (χ0n) is 11.6. The molecule has 0 bridgehead atoms. The fourth-order valence-corrected chi connectivity index (χ4v) is 2.41. The lowest BCUT2D eigenvalue weighted by Gasteiger charge is -2.18. The van der Waals surface area contributed by atoms with E-state index in [1.807, 2.05) is 31.2 Å². The Kier molecular flexibility index (Phi) is 3.97. The number of hydrogen-bond acceptors (Lipinski definition) is 5. The molecule has 1 aliphatic heterocycles. The monoisotopic (exact) mass is 273 g/mol. The van der Waals surface area contributed by atoms with E-state index in [-0.39, 0.29) is 0 Å². The van der Waals surface area contributed by atoms with Crippen molar-refractivity contribution in [2.24, 2.45) is 0 Å². The van der Waals surface area contributed by atoms with Gasteiger partial charge in [0.1, 0.15) is 5.75 Å². The summed E-state index contributed by atoms with van der Waals surface area (Å²) in [5.74, 6) is 2.45. The van der Waals surface area contributed by atoms with Crippen molar-refractivity contribution in [3.05, 3.63) is 41.6 Å². The van der Waals surface area contributed by atoms with Crippen molar-refractivity contribution in [3.63, 3.8) is 0 Å². The maximum Gasteiger partial charge on any atom is 0.253 e. The largest absolute Gasteiger partial charge is 0.484 e. The lowest BCUT2D eigenvalue weighted by atomic mass is 10.00. The van der Waals surface area contributed by atoms with Crippen molar-refractivity contribution in [1.82, 2.24) is 15.5 Å². The van der Waals surface area contributed by atoms with Gasteiger partial charge in [0.05, 0.1) is 0 Å². The van der Waals surface area contributed by atoms with Gasteiger partial charge in [0.25, 0.3) is 5.89 Å². The van der Waals surface area contributed by atoms with Gasteiger partial charge < -0.3 is 14.5 Å². The molecule has 1 unspecified atom stereocenters. The van der Waals surface area contributed by atoms with Gasteiger partial charge in [0.2, 0.25) is 5.89 Å². The predicted octanol–water partition coefficient (Wildman–Crippen LogP) is 2.42. The topological polar surface area (TPSA) is 60.2 Å². The van der Waals surface area contributed by atoms with Gasteiger partial charge in [-0.1, -0.05) is 18.2 Å². The van der Waals surface area contributed by atoms with E-state index in [4.69, 9.17) is 9.15 Å². The molecule has 2 aromatic rings. The van der Waals surface area contributed by atoms with E-state index in [0.29, 0.717) is 18.4 Å². The van der Waals surface area contributed by atoms with E-state index in [9.17, 15) is 0 Å². The highest BCUT2D eigenvalue weighted by Gasteiger charge is 2.21. The number of benzene rings is 1. The minimum Gasteiger partial charge on any atom is -0.484 e. The van der Waals surface area contributed by atoms with Crippen LogP contribution in [0, 0.1) is 6.92 Å². The molecule has 3 rings (SSSR count). The van der Waals surface area contributed by atoms with Crippen LogP contribution >= 0.6 is 0 Å². The summed E-state index contributed by atoms with van der Waals surface area (Å²) in [5.41, 5.74) is 1.10. The minimum atomic E-state index is 0.317. The maximum atomic E-state index is 5.71. The Morgan fingerprint density at radius 3 is 3.05 bits per heavy atom. The average molecular weight is 273 g/mol. The van der Waals surface area contributed by atoms with Crippen LogP contribution < -0.4 is 10.1 Å². The molecule has 0 aliphatic carbocycles. The molecule has 1 atom stereocenters. The van der Waals surface area contributed by atoms with Gasteiger partial charge in [-0.25, -0.2) is 0 Å². The van der Waals surface area contributed by atoms with Crippen LogP contribution in [-0.4, -0.2) is 23.3 Å². The van der Waals surface area contributed by atoms with E-state index in [1.54, 1.807) is 0 Å². The summed E-state index contributed by atoms with van der Waals surface area (Å²) in [6, 6.07) is 7.90. The number of aryl methyl sites for hydroxylation is 1. The van der Waals surface area contributed by atoms with Crippen molar-refractivity contribution in [3.8, 4) is 5.75 Å². The number of piperidine rings is 1. The van der Waals surface area contributed by atoms with Crippen molar-refractivity contribution in [1.29, 1.82) is 0 Å². The molecule has 0 radical (unpaired) electrons. The fourth-order valence-electron chi connectivity index (χ4n) is 2.41. The first-order chi connectivity index (χ1) is 9.83. The Morgan fingerprint density at radius 2 is 2.25 bits per heavy atom. The first-order valence-electron chi connectivity index (χ1n) is 7.04. The van der Waals surface area contributed by atoms with Crippen molar-refractivity contribution in [2.75, 3.05) is 13.1 Å². The second-order valence-electron chi connectivity index (χ2n) is 5.13. The number of nitrogens with zero attached hydrogens (tertiary/aromatic N) is 2. The second-order valence-corrected chi connectivity index (χ2v) is 5.13. The molecule has 1 aromatic carbocycles. The number of ether oxygens (including phenoxy) is 1. The molecule has 1 aromatic heterocycles. The normalized spacial score (nSPS) is 18.9. The van der Waals surface area contributed by atoms with Crippen LogP contribution in [-0.2, 0) is 6.61 Å². The molecule has 5 nitrogen and oxygen atoms in total. The zero-order chi connectivity index (χ0) is 13.8. The Morgan fingerprint density at radius 1 is 1.35 bits per heavy atom. The lowest BCUT2D eigenvalue weighted by Crippen LogP contribution is -2.28. The van der Waals surface area contributed by atoms with E-state index < -0.39 is 0 Å². The van der Waals surface area contributed by atoms with Gasteiger partial charge >= 0.3 is 0 Å². The van der Waals surface area contributed by atoms with Gasteiger partial charge in [-0.05, 0) is 37.9 Å². The van der Waals surface area contributed by atoms with Crippen LogP contribution in [0.4, 0.5) is 0 Å². The van der Waals surface area contributed by atoms with E-state index in [0.717, 1.165) is 43.1 Å². The zero-order valence-corrected chi connectivity index (χ0v) is 11.6. The number of aromatic nitrogens is 2. The quantitative estimate of drug-likeness (QED) is 0.927. The van der Waals surface area contributed by atoms with Gasteiger partial charge in [0, 0.05) is 12.5 Å². The summed E-state index contributed by atoms with van der Waals surface area (Å²) < 4.78 is 11.4. The van der Waals surface area contributed by atoms with Crippen LogP contribution in [0.2, 0.25) is 0 Å². The van der Waals surface area contributed by atoms with E-state index in [1.165, 1.54) is 0 Å². The smallest absolute Gasteiger partial charge is 0.253 e. The van der Waals surface area contributed by atoms with E-state index >= 15 is 0 Å². The molecule has 0 spiro atoms. The summed E-state index contributed by atoms with van der Waals surface area (Å²) in [4.78, 5) is 0. The molecule has 0 amide bonds. The van der Waals surface area contributed by atoms with Crippen LogP contribution in [0.1, 0.15) is 36.1 Å². The number of hydrogen-bond donors (Lipinski definition) is 1. The van der Waals surface area contributed by atoms with Crippen LogP contribution in [0.5, 0.6) is 5.75 Å². The molecule has 0 saturated carbocycles. The molecule has 5 heteroatoms. The summed E-state index contributed by atoms with van der Waals surface area (Å²) in [6.45, 7) is 4.33. The first kappa shape index (κ1) is 13.1. The van der Waals surface area contributed by atoms with Crippen LogP contribution in [0.25, 0.3) is 0 Å². The standard InChI is InChI=1S/C15H19N3O2/c1-11-5-2-3-7-13(11)19-10-14-17-18-15(20-14)12-6-4-8-16-9-12/h2-3,5,7,12,16H,4,6,8-10H2,1H3.